The Morgan fingerprint density at radius 3 is 3.15 bits per heavy atom. The first-order chi connectivity index (χ1) is 9.92. The Labute approximate surface area is 119 Å². The molecule has 20 heavy (non-hydrogen) atoms. The molecule has 0 aliphatic carbocycles. The average Bonchev–Trinajstić information content (AvgIpc) is 3.17. The highest BCUT2D eigenvalue weighted by atomic mass is 32.1. The van der Waals surface area contributed by atoms with Crippen LogP contribution in [0.1, 0.15) is 0 Å². The molecule has 0 fully saturated rings. The highest BCUT2D eigenvalue weighted by molar-refractivity contribution is 7.08. The van der Waals surface area contributed by atoms with E-state index in [0.717, 1.165) is 29.1 Å². The molecule has 5 nitrogen and oxygen atoms in total. The van der Waals surface area contributed by atoms with E-state index in [-0.39, 0.29) is 0 Å². The third-order valence-corrected chi connectivity index (χ3v) is 3.80. The zero-order valence-electron chi connectivity index (χ0n) is 10.5. The summed E-state index contributed by atoms with van der Waals surface area (Å²) in [6.45, 7) is 1.44. The van der Waals surface area contributed by atoms with Crippen molar-refractivity contribution in [3.63, 3.8) is 0 Å². The Kier molecular flexibility index (Phi) is 2.67. The summed E-state index contributed by atoms with van der Waals surface area (Å²) in [5.74, 6) is 1.86. The molecule has 0 saturated heterocycles. The van der Waals surface area contributed by atoms with E-state index in [0.29, 0.717) is 18.3 Å². The number of nitrogens with zero attached hydrogens (tertiary/aromatic N) is 2. The van der Waals surface area contributed by atoms with E-state index >= 15 is 0 Å². The number of thiophene rings is 1. The molecule has 1 aromatic carbocycles. The van der Waals surface area contributed by atoms with Crippen molar-refractivity contribution >= 4 is 17.0 Å². The van der Waals surface area contributed by atoms with Crippen LogP contribution in [0.3, 0.4) is 0 Å². The lowest BCUT2D eigenvalue weighted by Gasteiger charge is -2.20. The lowest BCUT2D eigenvalue weighted by Crippen LogP contribution is -2.18. The molecule has 1 N–H and O–H groups in total. The molecule has 3 aromatic rings. The molecule has 0 saturated carbocycles. The van der Waals surface area contributed by atoms with Crippen LogP contribution in [0.15, 0.2) is 39.5 Å². The molecule has 6 heteroatoms. The molecule has 0 spiro atoms. The zero-order chi connectivity index (χ0) is 13.4. The first-order valence-corrected chi connectivity index (χ1v) is 7.22. The topological polar surface area (TPSA) is 60.2 Å². The number of para-hydroxylation sites is 1. The van der Waals surface area contributed by atoms with Crippen LogP contribution in [-0.2, 0) is 0 Å². The Balaban J connectivity index is 1.78. The van der Waals surface area contributed by atoms with Crippen LogP contribution < -0.4 is 10.1 Å². The number of anilines is 1. The van der Waals surface area contributed by atoms with Crippen molar-refractivity contribution in [1.82, 2.24) is 10.1 Å². The van der Waals surface area contributed by atoms with Gasteiger partial charge in [0.25, 0.3) is 5.89 Å². The van der Waals surface area contributed by atoms with E-state index in [2.05, 4.69) is 15.5 Å². The van der Waals surface area contributed by atoms with Gasteiger partial charge in [-0.1, -0.05) is 11.2 Å². The monoisotopic (exact) mass is 285 g/mol. The third kappa shape index (κ3) is 1.85. The molecule has 100 valence electrons. The fraction of sp³-hybridized carbons (Fsp3) is 0.143. The molecule has 1 aliphatic rings. The highest BCUT2D eigenvalue weighted by Crippen LogP contribution is 2.37. The quantitative estimate of drug-likeness (QED) is 0.783. The minimum absolute atomic E-state index is 0.478. The number of benzene rings is 1. The molecule has 0 unspecified atom stereocenters. The second-order valence-electron chi connectivity index (χ2n) is 4.39. The lowest BCUT2D eigenvalue weighted by atomic mass is 10.1. The van der Waals surface area contributed by atoms with Gasteiger partial charge in [0.15, 0.2) is 5.75 Å². The van der Waals surface area contributed by atoms with Crippen LogP contribution in [0.25, 0.3) is 22.8 Å². The summed E-state index contributed by atoms with van der Waals surface area (Å²) in [5, 5.41) is 11.3. The predicted octanol–water partition coefficient (Wildman–Crippen LogP) is 3.27. The molecule has 4 rings (SSSR count). The largest absolute Gasteiger partial charge is 0.489 e. The predicted molar refractivity (Wildman–Crippen MR) is 77.0 cm³/mol. The van der Waals surface area contributed by atoms with E-state index in [1.807, 2.05) is 35.0 Å². The van der Waals surface area contributed by atoms with Gasteiger partial charge in [0.05, 0.1) is 11.3 Å². The fourth-order valence-corrected chi connectivity index (χ4v) is 2.82. The third-order valence-electron chi connectivity index (χ3n) is 3.11. The number of hydrogen-bond acceptors (Lipinski definition) is 6. The molecule has 1 aliphatic heterocycles. The zero-order valence-corrected chi connectivity index (χ0v) is 11.3. The Hall–Kier alpha value is -2.34. The van der Waals surface area contributed by atoms with Gasteiger partial charge in [-0.05, 0) is 23.6 Å². The van der Waals surface area contributed by atoms with Crippen molar-refractivity contribution in [2.24, 2.45) is 0 Å². The molecule has 0 radical (unpaired) electrons. The summed E-state index contributed by atoms with van der Waals surface area (Å²) in [4.78, 5) is 4.45. The summed E-state index contributed by atoms with van der Waals surface area (Å²) in [7, 11) is 0. The summed E-state index contributed by atoms with van der Waals surface area (Å²) >= 11 is 1.61. The summed E-state index contributed by atoms with van der Waals surface area (Å²) in [6, 6.07) is 7.83. The van der Waals surface area contributed by atoms with Gasteiger partial charge in [0.1, 0.15) is 6.61 Å². The van der Waals surface area contributed by atoms with Crippen LogP contribution in [-0.4, -0.2) is 23.3 Å². The van der Waals surface area contributed by atoms with Crippen molar-refractivity contribution in [2.75, 3.05) is 18.5 Å². The summed E-state index contributed by atoms with van der Waals surface area (Å²) in [6.07, 6.45) is 0. The van der Waals surface area contributed by atoms with Gasteiger partial charge in [0.2, 0.25) is 5.82 Å². The van der Waals surface area contributed by atoms with Gasteiger partial charge in [-0.3, -0.25) is 0 Å². The van der Waals surface area contributed by atoms with Crippen LogP contribution in [0.5, 0.6) is 5.75 Å². The minimum atomic E-state index is 0.478. The molecule has 0 atom stereocenters. The van der Waals surface area contributed by atoms with Crippen molar-refractivity contribution in [1.29, 1.82) is 0 Å². The SMILES string of the molecule is c1cc2c(c(-c3nc(-c4ccsc4)no3)c1)OCCN2. The highest BCUT2D eigenvalue weighted by Gasteiger charge is 2.19. The fourth-order valence-electron chi connectivity index (χ4n) is 2.18. The maximum atomic E-state index is 5.72. The maximum Gasteiger partial charge on any atom is 0.262 e. The van der Waals surface area contributed by atoms with Gasteiger partial charge in [-0.2, -0.15) is 16.3 Å². The second-order valence-corrected chi connectivity index (χ2v) is 5.17. The first kappa shape index (κ1) is 11.5. The lowest BCUT2D eigenvalue weighted by molar-refractivity contribution is 0.322. The number of fused-ring (bicyclic) bond motifs is 1. The smallest absolute Gasteiger partial charge is 0.262 e. The van der Waals surface area contributed by atoms with Gasteiger partial charge >= 0.3 is 0 Å². The molecular weight excluding hydrogens is 274 g/mol. The number of hydrogen-bond donors (Lipinski definition) is 1. The minimum Gasteiger partial charge on any atom is -0.489 e. The number of nitrogens with one attached hydrogen (secondary N) is 1. The van der Waals surface area contributed by atoms with E-state index in [1.165, 1.54) is 0 Å². The molecule has 0 bridgehead atoms. The van der Waals surface area contributed by atoms with E-state index < -0.39 is 0 Å². The Bertz CT molecular complexity index is 737. The van der Waals surface area contributed by atoms with Crippen LogP contribution in [0.4, 0.5) is 5.69 Å². The standard InChI is InChI=1S/C14H11N3O2S/c1-2-10(12-11(3-1)15-5-6-18-12)14-16-13(17-19-14)9-4-7-20-8-9/h1-4,7-8,15H,5-6H2. The van der Waals surface area contributed by atoms with Crippen molar-refractivity contribution in [2.45, 2.75) is 0 Å². The van der Waals surface area contributed by atoms with E-state index in [9.17, 15) is 0 Å². The van der Waals surface area contributed by atoms with Gasteiger partial charge in [-0.25, -0.2) is 0 Å². The maximum absolute atomic E-state index is 5.72. The first-order valence-electron chi connectivity index (χ1n) is 6.28. The molecule has 2 aromatic heterocycles. The van der Waals surface area contributed by atoms with Crippen molar-refractivity contribution in [3.05, 3.63) is 35.0 Å². The number of aromatic nitrogens is 2. The molecule has 3 heterocycles. The van der Waals surface area contributed by atoms with Gasteiger partial charge in [0, 0.05) is 17.5 Å². The normalized spacial score (nSPS) is 13.4. The molecule has 0 amide bonds. The van der Waals surface area contributed by atoms with Crippen molar-refractivity contribution in [3.8, 4) is 28.6 Å². The second kappa shape index (κ2) is 4.64. The summed E-state index contributed by atoms with van der Waals surface area (Å²) < 4.78 is 11.1. The van der Waals surface area contributed by atoms with Crippen LogP contribution in [0.2, 0.25) is 0 Å². The average molecular weight is 285 g/mol. The number of ether oxygens (including phenoxy) is 1. The Morgan fingerprint density at radius 2 is 2.25 bits per heavy atom. The van der Waals surface area contributed by atoms with Crippen molar-refractivity contribution < 1.29 is 9.26 Å². The van der Waals surface area contributed by atoms with Crippen LogP contribution in [0, 0.1) is 0 Å². The molecular formula is C14H11N3O2S. The van der Waals surface area contributed by atoms with Gasteiger partial charge < -0.3 is 14.6 Å². The van der Waals surface area contributed by atoms with E-state index in [1.54, 1.807) is 11.3 Å². The number of rotatable bonds is 2. The van der Waals surface area contributed by atoms with E-state index in [4.69, 9.17) is 9.26 Å². The Morgan fingerprint density at radius 1 is 1.25 bits per heavy atom. The van der Waals surface area contributed by atoms with Crippen LogP contribution >= 0.6 is 11.3 Å². The summed E-state index contributed by atoms with van der Waals surface area (Å²) in [5.41, 5.74) is 2.75. The van der Waals surface area contributed by atoms with Gasteiger partial charge in [-0.15, -0.1) is 0 Å².